The summed E-state index contributed by atoms with van der Waals surface area (Å²) in [5.74, 6) is 1.30. The number of ether oxygens (including phenoxy) is 1. The fourth-order valence-corrected chi connectivity index (χ4v) is 4.07. The van der Waals surface area contributed by atoms with Crippen molar-refractivity contribution in [3.8, 4) is 0 Å². The average molecular weight is 309 g/mol. The molecule has 118 valence electrons. The summed E-state index contributed by atoms with van der Waals surface area (Å²) < 4.78 is 6.27. The van der Waals surface area contributed by atoms with Gasteiger partial charge in [-0.1, -0.05) is 12.1 Å². The molecule has 0 radical (unpaired) electrons. The maximum atomic E-state index is 6.27. The highest BCUT2D eigenvalue weighted by Crippen LogP contribution is 2.40. The molecule has 6 heteroatoms. The summed E-state index contributed by atoms with van der Waals surface area (Å²) in [6.07, 6.45) is 4.17. The SMILES string of the molecule is c1ccc2nc(NC3=NC[C@@]4(CN5CCC4CC5)O3)cnc2c1. The number of aliphatic imine (C=N–C) groups is 1. The van der Waals surface area contributed by atoms with Gasteiger partial charge in [0.05, 0.1) is 23.8 Å². The van der Waals surface area contributed by atoms with Gasteiger partial charge < -0.3 is 4.74 Å². The van der Waals surface area contributed by atoms with Crippen molar-refractivity contribution in [2.24, 2.45) is 10.9 Å². The van der Waals surface area contributed by atoms with Crippen LogP contribution in [-0.4, -0.2) is 52.7 Å². The number of hydrogen-bond donors (Lipinski definition) is 1. The first-order valence-corrected chi connectivity index (χ1v) is 8.25. The third-order valence-corrected chi connectivity index (χ3v) is 5.30. The van der Waals surface area contributed by atoms with E-state index in [4.69, 9.17) is 4.74 Å². The van der Waals surface area contributed by atoms with Crippen LogP contribution in [0.5, 0.6) is 0 Å². The molecule has 1 spiro atoms. The number of piperidine rings is 3. The maximum absolute atomic E-state index is 6.27. The van der Waals surface area contributed by atoms with Crippen molar-refractivity contribution >= 4 is 22.9 Å². The molecule has 1 atom stereocenters. The molecule has 23 heavy (non-hydrogen) atoms. The fraction of sp³-hybridized carbons (Fsp3) is 0.471. The van der Waals surface area contributed by atoms with Gasteiger partial charge in [-0.2, -0.15) is 0 Å². The predicted octanol–water partition coefficient (Wildman–Crippen LogP) is 1.89. The number of rotatable bonds is 1. The van der Waals surface area contributed by atoms with E-state index in [1.807, 2.05) is 24.3 Å². The number of aromatic nitrogens is 2. The molecule has 0 amide bonds. The molecule has 6 nitrogen and oxygen atoms in total. The number of para-hydroxylation sites is 2. The van der Waals surface area contributed by atoms with E-state index in [0.717, 1.165) is 24.1 Å². The van der Waals surface area contributed by atoms with Gasteiger partial charge in [-0.25, -0.2) is 9.98 Å². The minimum Gasteiger partial charge on any atom is -0.455 e. The zero-order valence-corrected chi connectivity index (χ0v) is 12.9. The summed E-state index contributed by atoms with van der Waals surface area (Å²) in [6.45, 7) is 4.15. The Bertz CT molecular complexity index is 783. The van der Waals surface area contributed by atoms with Crippen LogP contribution in [0.15, 0.2) is 35.5 Å². The molecule has 0 saturated carbocycles. The van der Waals surface area contributed by atoms with Crippen LogP contribution in [-0.2, 0) is 4.74 Å². The second kappa shape index (κ2) is 4.89. The molecule has 1 aromatic carbocycles. The maximum Gasteiger partial charge on any atom is 0.291 e. The first-order valence-electron chi connectivity index (χ1n) is 8.25. The topological polar surface area (TPSA) is 62.6 Å². The van der Waals surface area contributed by atoms with E-state index in [1.165, 1.54) is 25.9 Å². The highest BCUT2D eigenvalue weighted by Gasteiger charge is 2.51. The monoisotopic (exact) mass is 309 g/mol. The Labute approximate surface area is 134 Å². The second-order valence-electron chi connectivity index (χ2n) is 6.71. The molecule has 2 bridgehead atoms. The molecule has 4 aliphatic rings. The summed E-state index contributed by atoms with van der Waals surface area (Å²) >= 11 is 0. The summed E-state index contributed by atoms with van der Waals surface area (Å²) in [7, 11) is 0. The first-order chi connectivity index (χ1) is 11.3. The van der Waals surface area contributed by atoms with E-state index < -0.39 is 0 Å². The number of hydrogen-bond acceptors (Lipinski definition) is 6. The number of amidine groups is 1. The normalized spacial score (nSPS) is 32.1. The predicted molar refractivity (Wildman–Crippen MR) is 88.4 cm³/mol. The number of fused-ring (bicyclic) bond motifs is 3. The van der Waals surface area contributed by atoms with Crippen LogP contribution in [0.1, 0.15) is 12.8 Å². The molecule has 2 aromatic rings. The summed E-state index contributed by atoms with van der Waals surface area (Å²) in [4.78, 5) is 16.1. The largest absolute Gasteiger partial charge is 0.455 e. The Morgan fingerprint density at radius 2 is 2.00 bits per heavy atom. The van der Waals surface area contributed by atoms with Crippen molar-refractivity contribution in [1.29, 1.82) is 0 Å². The van der Waals surface area contributed by atoms with E-state index in [9.17, 15) is 0 Å². The second-order valence-corrected chi connectivity index (χ2v) is 6.71. The van der Waals surface area contributed by atoms with Crippen LogP contribution in [0, 0.1) is 5.92 Å². The van der Waals surface area contributed by atoms with Crippen LogP contribution >= 0.6 is 0 Å². The van der Waals surface area contributed by atoms with E-state index in [1.54, 1.807) is 6.20 Å². The van der Waals surface area contributed by atoms with Crippen LogP contribution in [0.3, 0.4) is 0 Å². The minimum absolute atomic E-state index is 0.122. The highest BCUT2D eigenvalue weighted by atomic mass is 16.5. The lowest BCUT2D eigenvalue weighted by Crippen LogP contribution is -2.61. The molecule has 0 aliphatic carbocycles. The van der Waals surface area contributed by atoms with Crippen molar-refractivity contribution in [3.63, 3.8) is 0 Å². The van der Waals surface area contributed by atoms with Crippen LogP contribution in [0.25, 0.3) is 11.0 Å². The molecule has 0 unspecified atom stereocenters. The Kier molecular flexibility index (Phi) is 2.82. The van der Waals surface area contributed by atoms with Gasteiger partial charge in [0.2, 0.25) is 0 Å². The van der Waals surface area contributed by atoms with Gasteiger partial charge in [-0.05, 0) is 38.1 Å². The molecule has 1 N–H and O–H groups in total. The average Bonchev–Trinajstić information content (AvgIpc) is 2.98. The lowest BCUT2D eigenvalue weighted by molar-refractivity contribution is -0.0829. The van der Waals surface area contributed by atoms with E-state index in [0.29, 0.717) is 17.8 Å². The lowest BCUT2D eigenvalue weighted by Gasteiger charge is -2.50. The zero-order chi connectivity index (χ0) is 15.3. The van der Waals surface area contributed by atoms with Gasteiger partial charge in [-0.3, -0.25) is 15.2 Å². The Morgan fingerprint density at radius 3 is 2.78 bits per heavy atom. The third-order valence-electron chi connectivity index (χ3n) is 5.30. The lowest BCUT2D eigenvalue weighted by atomic mass is 9.75. The van der Waals surface area contributed by atoms with Crippen molar-refractivity contribution in [2.45, 2.75) is 18.4 Å². The van der Waals surface area contributed by atoms with Crippen molar-refractivity contribution in [2.75, 3.05) is 31.5 Å². The van der Waals surface area contributed by atoms with Crippen molar-refractivity contribution in [3.05, 3.63) is 30.5 Å². The smallest absolute Gasteiger partial charge is 0.291 e. The molecule has 1 aromatic heterocycles. The van der Waals surface area contributed by atoms with Gasteiger partial charge in [-0.15, -0.1) is 0 Å². The minimum atomic E-state index is -0.122. The molecular formula is C17H19N5O. The Morgan fingerprint density at radius 1 is 1.17 bits per heavy atom. The molecule has 6 rings (SSSR count). The molecule has 4 aliphatic heterocycles. The van der Waals surface area contributed by atoms with Gasteiger partial charge in [0.15, 0.2) is 5.82 Å². The molecule has 3 saturated heterocycles. The molecule has 3 fully saturated rings. The van der Waals surface area contributed by atoms with Crippen LogP contribution < -0.4 is 5.32 Å². The summed E-state index contributed by atoms with van der Waals surface area (Å²) in [5.41, 5.74) is 1.64. The van der Waals surface area contributed by atoms with Crippen LogP contribution in [0.2, 0.25) is 0 Å². The van der Waals surface area contributed by atoms with Crippen molar-refractivity contribution < 1.29 is 4.74 Å². The fourth-order valence-electron chi connectivity index (χ4n) is 4.07. The number of anilines is 1. The van der Waals surface area contributed by atoms with Crippen molar-refractivity contribution in [1.82, 2.24) is 14.9 Å². The van der Waals surface area contributed by atoms with Gasteiger partial charge in [0.25, 0.3) is 6.02 Å². The van der Waals surface area contributed by atoms with Gasteiger partial charge >= 0.3 is 0 Å². The van der Waals surface area contributed by atoms with Crippen LogP contribution in [0.4, 0.5) is 5.82 Å². The summed E-state index contributed by atoms with van der Waals surface area (Å²) in [5, 5.41) is 3.20. The van der Waals surface area contributed by atoms with E-state index in [-0.39, 0.29) is 5.60 Å². The van der Waals surface area contributed by atoms with E-state index in [2.05, 4.69) is 25.2 Å². The third kappa shape index (κ3) is 2.16. The number of nitrogens with zero attached hydrogens (tertiary/aromatic N) is 4. The van der Waals surface area contributed by atoms with E-state index >= 15 is 0 Å². The highest BCUT2D eigenvalue weighted by molar-refractivity contribution is 5.90. The van der Waals surface area contributed by atoms with Gasteiger partial charge in [0, 0.05) is 12.5 Å². The number of nitrogens with one attached hydrogen (secondary N) is 1. The zero-order valence-electron chi connectivity index (χ0n) is 12.9. The van der Waals surface area contributed by atoms with Gasteiger partial charge in [0.1, 0.15) is 5.60 Å². The Hall–Kier alpha value is -2.21. The molecule has 5 heterocycles. The first kappa shape index (κ1) is 13.2. The quantitative estimate of drug-likeness (QED) is 0.871. The molecular weight excluding hydrogens is 290 g/mol. The summed E-state index contributed by atoms with van der Waals surface area (Å²) in [6, 6.07) is 8.43. The Balaban J connectivity index is 1.35. The standard InChI is InChI=1S/C17H19N5O/c1-2-4-14-13(3-1)18-9-15(20-14)21-16-19-10-17(23-16)11-22-7-5-12(17)6-8-22/h1-4,9,12H,5-8,10-11H2,(H,19,20,21)/t17-/m0/s1. The number of benzene rings is 1.